The second kappa shape index (κ2) is 4.49. The van der Waals surface area contributed by atoms with E-state index in [0.717, 1.165) is 5.56 Å². The normalized spacial score (nSPS) is 11.4. The van der Waals surface area contributed by atoms with Gasteiger partial charge in [0.25, 0.3) is 5.69 Å². The summed E-state index contributed by atoms with van der Waals surface area (Å²) < 4.78 is 5.53. The molecule has 0 amide bonds. The molecule has 0 unspecified atom stereocenters. The molecule has 0 saturated carbocycles. The number of nitro benzene ring substituents is 1. The van der Waals surface area contributed by atoms with Gasteiger partial charge in [-0.2, -0.15) is 0 Å². The molecule has 2 N–H and O–H groups in total. The molecule has 0 radical (unpaired) electrons. The molecule has 0 fully saturated rings. The van der Waals surface area contributed by atoms with Crippen molar-refractivity contribution < 1.29 is 9.66 Å². The molecule has 88 valence electrons. The van der Waals surface area contributed by atoms with Gasteiger partial charge in [-0.25, -0.2) is 0 Å². The molecule has 0 aliphatic rings. The number of nitro groups is 1. The fraction of sp³-hybridized carbons (Fsp3) is 0.455. The van der Waals surface area contributed by atoms with Crippen molar-refractivity contribution in [1.82, 2.24) is 0 Å². The maximum absolute atomic E-state index is 10.7. The Labute approximate surface area is 94.4 Å². The van der Waals surface area contributed by atoms with Gasteiger partial charge in [-0.3, -0.25) is 10.1 Å². The Kier molecular flexibility index (Phi) is 3.49. The number of hydrogen-bond donors (Lipinski definition) is 1. The predicted octanol–water partition coefficient (Wildman–Crippen LogP) is 2.49. The number of anilines is 1. The summed E-state index contributed by atoms with van der Waals surface area (Å²) in [6.45, 7) is 6.13. The van der Waals surface area contributed by atoms with Crippen LogP contribution in [0.1, 0.15) is 26.3 Å². The van der Waals surface area contributed by atoms with Gasteiger partial charge in [-0.05, 0) is 32.4 Å². The van der Waals surface area contributed by atoms with E-state index in [-0.39, 0.29) is 17.0 Å². The van der Waals surface area contributed by atoms with E-state index in [0.29, 0.717) is 6.61 Å². The minimum Gasteiger partial charge on any atom is -0.393 e. The molecule has 0 aromatic heterocycles. The summed E-state index contributed by atoms with van der Waals surface area (Å²) in [5.74, 6) is 0. The second-order valence-corrected chi connectivity index (χ2v) is 4.55. The van der Waals surface area contributed by atoms with Crippen LogP contribution in [-0.2, 0) is 11.3 Å². The van der Waals surface area contributed by atoms with Crippen LogP contribution < -0.4 is 5.73 Å². The Bertz CT molecular complexity index is 397. The first-order valence-electron chi connectivity index (χ1n) is 4.96. The molecule has 0 aliphatic heterocycles. The van der Waals surface area contributed by atoms with Crippen LogP contribution in [0.4, 0.5) is 11.4 Å². The number of hydrogen-bond acceptors (Lipinski definition) is 4. The number of nitrogens with two attached hydrogens (primary N) is 1. The minimum atomic E-state index is -0.490. The standard InChI is InChI=1S/C11H16N2O3/c1-11(2,3)16-7-8-4-5-9(12)10(6-8)13(14)15/h4-6H,7,12H2,1-3H3. The first-order valence-corrected chi connectivity index (χ1v) is 4.96. The van der Waals surface area contributed by atoms with Crippen LogP contribution in [0.3, 0.4) is 0 Å². The third-order valence-electron chi connectivity index (χ3n) is 1.96. The van der Waals surface area contributed by atoms with Crippen LogP contribution in [0, 0.1) is 10.1 Å². The van der Waals surface area contributed by atoms with Gasteiger partial charge in [-0.1, -0.05) is 6.07 Å². The molecule has 0 atom stereocenters. The molecule has 0 bridgehead atoms. The van der Waals surface area contributed by atoms with Crippen LogP contribution in [0.2, 0.25) is 0 Å². The highest BCUT2D eigenvalue weighted by Crippen LogP contribution is 2.23. The predicted molar refractivity (Wildman–Crippen MR) is 62.1 cm³/mol. The van der Waals surface area contributed by atoms with Crippen LogP contribution >= 0.6 is 0 Å². The summed E-state index contributed by atoms with van der Waals surface area (Å²) in [6.07, 6.45) is 0. The fourth-order valence-corrected chi connectivity index (χ4v) is 1.14. The Hall–Kier alpha value is -1.62. The number of rotatable bonds is 3. The third-order valence-corrected chi connectivity index (χ3v) is 1.96. The molecule has 5 nitrogen and oxygen atoms in total. The maximum Gasteiger partial charge on any atom is 0.292 e. The number of benzene rings is 1. The van der Waals surface area contributed by atoms with Gasteiger partial charge in [0.1, 0.15) is 5.69 Å². The van der Waals surface area contributed by atoms with Gasteiger partial charge in [0, 0.05) is 6.07 Å². The minimum absolute atomic E-state index is 0.0741. The third kappa shape index (κ3) is 3.51. The lowest BCUT2D eigenvalue weighted by Gasteiger charge is -2.19. The highest BCUT2D eigenvalue weighted by molar-refractivity contribution is 5.59. The van der Waals surface area contributed by atoms with Gasteiger partial charge in [-0.15, -0.1) is 0 Å². The van der Waals surface area contributed by atoms with Crippen molar-refractivity contribution in [2.24, 2.45) is 0 Å². The zero-order chi connectivity index (χ0) is 12.3. The summed E-state index contributed by atoms with van der Waals surface area (Å²) >= 11 is 0. The van der Waals surface area contributed by atoms with E-state index in [4.69, 9.17) is 10.5 Å². The van der Waals surface area contributed by atoms with E-state index >= 15 is 0 Å². The Balaban J connectivity index is 2.83. The van der Waals surface area contributed by atoms with Crippen molar-refractivity contribution in [3.63, 3.8) is 0 Å². The van der Waals surface area contributed by atoms with Gasteiger partial charge in [0.05, 0.1) is 17.1 Å². The average Bonchev–Trinajstić information content (AvgIpc) is 2.14. The van der Waals surface area contributed by atoms with Gasteiger partial charge in [0.2, 0.25) is 0 Å². The summed E-state index contributed by atoms with van der Waals surface area (Å²) in [5.41, 5.74) is 6.07. The number of nitrogen functional groups attached to an aromatic ring is 1. The lowest BCUT2D eigenvalue weighted by molar-refractivity contribution is -0.384. The average molecular weight is 224 g/mol. The van der Waals surface area contributed by atoms with Crippen molar-refractivity contribution >= 4 is 11.4 Å². The fourth-order valence-electron chi connectivity index (χ4n) is 1.14. The van der Waals surface area contributed by atoms with Crippen LogP contribution in [0.25, 0.3) is 0 Å². The van der Waals surface area contributed by atoms with Crippen LogP contribution in [-0.4, -0.2) is 10.5 Å². The summed E-state index contributed by atoms with van der Waals surface area (Å²) in [4.78, 5) is 10.2. The van der Waals surface area contributed by atoms with Crippen molar-refractivity contribution in [2.45, 2.75) is 33.0 Å². The largest absolute Gasteiger partial charge is 0.393 e. The van der Waals surface area contributed by atoms with E-state index in [1.165, 1.54) is 12.1 Å². The van der Waals surface area contributed by atoms with E-state index in [9.17, 15) is 10.1 Å². The molecule has 1 aromatic rings. The monoisotopic (exact) mass is 224 g/mol. The summed E-state index contributed by atoms with van der Waals surface area (Å²) in [5, 5.41) is 10.7. The summed E-state index contributed by atoms with van der Waals surface area (Å²) in [6, 6.07) is 4.70. The van der Waals surface area contributed by atoms with Crippen LogP contribution in [0.15, 0.2) is 18.2 Å². The van der Waals surface area contributed by atoms with Crippen molar-refractivity contribution in [3.8, 4) is 0 Å². The highest BCUT2D eigenvalue weighted by Gasteiger charge is 2.14. The lowest BCUT2D eigenvalue weighted by Crippen LogP contribution is -2.18. The Morgan fingerprint density at radius 1 is 1.44 bits per heavy atom. The van der Waals surface area contributed by atoms with Gasteiger partial charge in [0.15, 0.2) is 0 Å². The van der Waals surface area contributed by atoms with E-state index < -0.39 is 4.92 Å². The topological polar surface area (TPSA) is 78.4 Å². The molecule has 1 aromatic carbocycles. The first kappa shape index (κ1) is 12.4. The van der Waals surface area contributed by atoms with Crippen molar-refractivity contribution in [2.75, 3.05) is 5.73 Å². The summed E-state index contributed by atoms with van der Waals surface area (Å²) in [7, 11) is 0. The molecular formula is C11H16N2O3. The van der Waals surface area contributed by atoms with Gasteiger partial charge < -0.3 is 10.5 Å². The zero-order valence-electron chi connectivity index (χ0n) is 9.69. The molecule has 0 heterocycles. The van der Waals surface area contributed by atoms with Crippen molar-refractivity contribution in [1.29, 1.82) is 0 Å². The van der Waals surface area contributed by atoms with Crippen molar-refractivity contribution in [3.05, 3.63) is 33.9 Å². The van der Waals surface area contributed by atoms with E-state index in [1.807, 2.05) is 20.8 Å². The Morgan fingerprint density at radius 2 is 2.06 bits per heavy atom. The molecule has 1 rings (SSSR count). The van der Waals surface area contributed by atoms with E-state index in [1.54, 1.807) is 6.07 Å². The smallest absolute Gasteiger partial charge is 0.292 e. The first-order chi connectivity index (χ1) is 7.29. The molecule has 0 aliphatic carbocycles. The molecule has 16 heavy (non-hydrogen) atoms. The molecular weight excluding hydrogens is 208 g/mol. The quantitative estimate of drug-likeness (QED) is 0.486. The second-order valence-electron chi connectivity index (χ2n) is 4.55. The maximum atomic E-state index is 10.7. The zero-order valence-corrected chi connectivity index (χ0v) is 9.69. The molecule has 5 heteroatoms. The van der Waals surface area contributed by atoms with Crippen LogP contribution in [0.5, 0.6) is 0 Å². The molecule has 0 saturated heterocycles. The SMILES string of the molecule is CC(C)(C)OCc1ccc(N)c([N+](=O)[O-])c1. The highest BCUT2D eigenvalue weighted by atomic mass is 16.6. The lowest BCUT2D eigenvalue weighted by atomic mass is 10.1. The van der Waals surface area contributed by atoms with Gasteiger partial charge >= 0.3 is 0 Å². The number of ether oxygens (including phenoxy) is 1. The Morgan fingerprint density at radius 3 is 2.56 bits per heavy atom. The number of nitrogens with zero attached hydrogens (tertiary/aromatic N) is 1. The molecule has 0 spiro atoms. The van der Waals surface area contributed by atoms with E-state index in [2.05, 4.69) is 0 Å².